The van der Waals surface area contributed by atoms with Gasteiger partial charge in [-0.2, -0.15) is 0 Å². The van der Waals surface area contributed by atoms with Gasteiger partial charge in [-0.15, -0.1) is 0 Å². The molecule has 0 fully saturated rings. The van der Waals surface area contributed by atoms with Crippen molar-refractivity contribution >= 4 is 39.2 Å². The first kappa shape index (κ1) is 13.3. The lowest BCUT2D eigenvalue weighted by atomic mass is 10.2. The van der Waals surface area contributed by atoms with Gasteiger partial charge in [0.15, 0.2) is 5.82 Å². The van der Waals surface area contributed by atoms with Gasteiger partial charge < -0.3 is 9.84 Å². The number of amides is 2. The lowest BCUT2D eigenvalue weighted by Crippen LogP contribution is -2.29. The van der Waals surface area contributed by atoms with E-state index in [4.69, 9.17) is 0 Å². The predicted molar refractivity (Wildman–Crippen MR) is 72.6 cm³/mol. The fourth-order valence-electron chi connectivity index (χ4n) is 1.36. The van der Waals surface area contributed by atoms with E-state index in [0.717, 1.165) is 10.0 Å². The Morgan fingerprint density at radius 2 is 1.95 bits per heavy atom. The minimum absolute atomic E-state index is 0.186. The normalized spacial score (nSPS) is 10.0. The van der Waals surface area contributed by atoms with E-state index in [9.17, 15) is 9.59 Å². The Morgan fingerprint density at radius 3 is 2.63 bits per heavy atom. The summed E-state index contributed by atoms with van der Waals surface area (Å²) in [7, 11) is 0. The highest BCUT2D eigenvalue weighted by Crippen LogP contribution is 2.20. The zero-order chi connectivity index (χ0) is 13.8. The van der Waals surface area contributed by atoms with Crippen molar-refractivity contribution in [3.8, 4) is 0 Å². The molecule has 1 heterocycles. The van der Waals surface area contributed by atoms with Crippen LogP contribution in [0.3, 0.4) is 0 Å². The van der Waals surface area contributed by atoms with Crippen LogP contribution in [0.5, 0.6) is 0 Å². The number of nitrogens with zero attached hydrogens (tertiary/aromatic N) is 1. The van der Waals surface area contributed by atoms with Crippen molar-refractivity contribution in [3.05, 3.63) is 40.6 Å². The Bertz CT molecular complexity index is 611. The lowest BCUT2D eigenvalue weighted by molar-refractivity contribution is -0.133. The Hall–Kier alpha value is -2.15. The second-order valence-electron chi connectivity index (χ2n) is 3.75. The van der Waals surface area contributed by atoms with Crippen LogP contribution >= 0.6 is 15.9 Å². The molecular formula is C12H10BrN3O3. The summed E-state index contributed by atoms with van der Waals surface area (Å²) in [5.41, 5.74) is 1.42. The highest BCUT2D eigenvalue weighted by Gasteiger charge is 2.16. The van der Waals surface area contributed by atoms with Crippen LogP contribution in [0.2, 0.25) is 0 Å². The topological polar surface area (TPSA) is 84.2 Å². The third-order valence-corrected chi connectivity index (χ3v) is 2.83. The van der Waals surface area contributed by atoms with Crippen molar-refractivity contribution in [2.75, 3.05) is 10.6 Å². The zero-order valence-corrected chi connectivity index (χ0v) is 11.5. The van der Waals surface area contributed by atoms with Gasteiger partial charge in [-0.1, -0.05) is 27.2 Å². The van der Waals surface area contributed by atoms with Gasteiger partial charge in [0.1, 0.15) is 6.26 Å². The van der Waals surface area contributed by atoms with Gasteiger partial charge in [-0.3, -0.25) is 14.9 Å². The van der Waals surface area contributed by atoms with E-state index in [-0.39, 0.29) is 5.82 Å². The molecule has 2 N–H and O–H groups in total. The van der Waals surface area contributed by atoms with E-state index in [1.54, 1.807) is 6.07 Å². The molecule has 2 rings (SSSR count). The van der Waals surface area contributed by atoms with Crippen molar-refractivity contribution in [1.82, 2.24) is 5.16 Å². The molecule has 19 heavy (non-hydrogen) atoms. The summed E-state index contributed by atoms with van der Waals surface area (Å²) in [6.07, 6.45) is 1.30. The molecule has 2 amide bonds. The molecule has 0 bridgehead atoms. The first-order valence-electron chi connectivity index (χ1n) is 5.35. The minimum atomic E-state index is -0.812. The second-order valence-corrected chi connectivity index (χ2v) is 4.67. The van der Waals surface area contributed by atoms with Crippen molar-refractivity contribution in [3.63, 3.8) is 0 Å². The summed E-state index contributed by atoms with van der Waals surface area (Å²) in [6.45, 7) is 1.83. The van der Waals surface area contributed by atoms with Crippen LogP contribution in [-0.4, -0.2) is 17.0 Å². The maximum atomic E-state index is 11.7. The van der Waals surface area contributed by atoms with E-state index in [1.165, 1.54) is 12.3 Å². The van der Waals surface area contributed by atoms with Gasteiger partial charge >= 0.3 is 11.8 Å². The molecule has 0 aliphatic carbocycles. The molecule has 7 heteroatoms. The molecule has 0 radical (unpaired) electrons. The Kier molecular flexibility index (Phi) is 3.96. The van der Waals surface area contributed by atoms with Crippen LogP contribution in [0.1, 0.15) is 5.56 Å². The third kappa shape index (κ3) is 3.41. The summed E-state index contributed by atoms with van der Waals surface area (Å²) in [6, 6.07) is 6.84. The molecule has 98 valence electrons. The summed E-state index contributed by atoms with van der Waals surface area (Å²) >= 11 is 3.30. The maximum Gasteiger partial charge on any atom is 0.315 e. The molecule has 0 aliphatic heterocycles. The van der Waals surface area contributed by atoms with Gasteiger partial charge in [0, 0.05) is 16.2 Å². The summed E-state index contributed by atoms with van der Waals surface area (Å²) in [4.78, 5) is 23.3. The molecule has 0 aliphatic rings. The van der Waals surface area contributed by atoms with Crippen molar-refractivity contribution in [2.45, 2.75) is 6.92 Å². The average Bonchev–Trinajstić information content (AvgIpc) is 2.86. The number of benzene rings is 1. The van der Waals surface area contributed by atoms with Gasteiger partial charge in [0.25, 0.3) is 0 Å². The molecule has 1 aromatic carbocycles. The van der Waals surface area contributed by atoms with E-state index in [0.29, 0.717) is 5.69 Å². The van der Waals surface area contributed by atoms with E-state index < -0.39 is 11.8 Å². The predicted octanol–water partition coefficient (Wildman–Crippen LogP) is 2.32. The molecule has 2 aromatic rings. The van der Waals surface area contributed by atoms with Crippen LogP contribution in [0.15, 0.2) is 39.5 Å². The highest BCUT2D eigenvalue weighted by atomic mass is 79.9. The standard InChI is InChI=1S/C12H10BrN3O3/c1-7-2-3-8(13)6-9(7)14-11(17)12(18)15-10-4-5-19-16-10/h2-6H,1H3,(H,14,17)(H,15,16,18). The van der Waals surface area contributed by atoms with Gasteiger partial charge in [-0.05, 0) is 24.6 Å². The monoisotopic (exact) mass is 323 g/mol. The van der Waals surface area contributed by atoms with Gasteiger partial charge in [-0.25, -0.2) is 0 Å². The SMILES string of the molecule is Cc1ccc(Br)cc1NC(=O)C(=O)Nc1ccon1. The Balaban J connectivity index is 2.04. The molecule has 0 spiro atoms. The molecular weight excluding hydrogens is 314 g/mol. The average molecular weight is 324 g/mol. The molecule has 6 nitrogen and oxygen atoms in total. The third-order valence-electron chi connectivity index (χ3n) is 2.33. The lowest BCUT2D eigenvalue weighted by Gasteiger charge is -2.08. The van der Waals surface area contributed by atoms with Crippen LogP contribution in [0, 0.1) is 6.92 Å². The van der Waals surface area contributed by atoms with E-state index in [1.807, 2.05) is 19.1 Å². The number of hydrogen-bond donors (Lipinski definition) is 2. The second kappa shape index (κ2) is 5.66. The summed E-state index contributed by atoms with van der Waals surface area (Å²) < 4.78 is 5.36. The number of carbonyl (C=O) groups is 2. The number of anilines is 2. The molecule has 0 saturated heterocycles. The van der Waals surface area contributed by atoms with Crippen LogP contribution in [0.4, 0.5) is 11.5 Å². The molecule has 0 atom stereocenters. The molecule has 0 saturated carbocycles. The molecule has 1 aromatic heterocycles. The summed E-state index contributed by atoms with van der Waals surface area (Å²) in [5, 5.41) is 8.32. The fraction of sp³-hybridized carbons (Fsp3) is 0.0833. The van der Waals surface area contributed by atoms with Gasteiger partial charge in [0.05, 0.1) is 0 Å². The first-order chi connectivity index (χ1) is 9.06. The minimum Gasteiger partial charge on any atom is -0.363 e. The fourth-order valence-corrected chi connectivity index (χ4v) is 1.72. The highest BCUT2D eigenvalue weighted by molar-refractivity contribution is 9.10. The van der Waals surface area contributed by atoms with Crippen LogP contribution in [-0.2, 0) is 9.59 Å². The number of aromatic nitrogens is 1. The number of nitrogens with one attached hydrogen (secondary N) is 2. The van der Waals surface area contributed by atoms with Crippen LogP contribution < -0.4 is 10.6 Å². The van der Waals surface area contributed by atoms with E-state index >= 15 is 0 Å². The summed E-state index contributed by atoms with van der Waals surface area (Å²) in [5.74, 6) is -1.40. The van der Waals surface area contributed by atoms with Gasteiger partial charge in [0.2, 0.25) is 0 Å². The first-order valence-corrected chi connectivity index (χ1v) is 6.14. The van der Waals surface area contributed by atoms with Crippen molar-refractivity contribution in [1.29, 1.82) is 0 Å². The van der Waals surface area contributed by atoms with Crippen molar-refractivity contribution in [2.24, 2.45) is 0 Å². The number of carbonyl (C=O) groups excluding carboxylic acids is 2. The van der Waals surface area contributed by atoms with Crippen molar-refractivity contribution < 1.29 is 14.1 Å². The van der Waals surface area contributed by atoms with Crippen LogP contribution in [0.25, 0.3) is 0 Å². The number of halogens is 1. The number of aryl methyl sites for hydroxylation is 1. The number of hydrogen-bond acceptors (Lipinski definition) is 4. The quantitative estimate of drug-likeness (QED) is 0.831. The number of rotatable bonds is 2. The Morgan fingerprint density at radius 1 is 1.21 bits per heavy atom. The van der Waals surface area contributed by atoms with E-state index in [2.05, 4.69) is 36.2 Å². The Labute approximate surface area is 117 Å². The molecule has 0 unspecified atom stereocenters. The maximum absolute atomic E-state index is 11.7. The smallest absolute Gasteiger partial charge is 0.315 e. The zero-order valence-electron chi connectivity index (χ0n) is 9.94. The largest absolute Gasteiger partial charge is 0.363 e.